The number of allylic oxidation sites excluding steroid dienone is 6. The van der Waals surface area contributed by atoms with Crippen LogP contribution in [-0.2, 0) is 0 Å². The first-order chi connectivity index (χ1) is 6.52. The fraction of sp³-hybridized carbons (Fsp3) is 0.333. The summed E-state index contributed by atoms with van der Waals surface area (Å²) in [6, 6.07) is 0. The van der Waals surface area contributed by atoms with Crippen molar-refractivity contribution in [3.63, 3.8) is 0 Å². The Labute approximate surface area is 85.0 Å². The molecule has 1 unspecified atom stereocenters. The van der Waals surface area contributed by atoms with Crippen LogP contribution in [0.3, 0.4) is 0 Å². The summed E-state index contributed by atoms with van der Waals surface area (Å²) >= 11 is 0. The molecule has 0 fully saturated rings. The topological polar surface area (TPSA) is 20.2 Å². The third kappa shape index (κ3) is 4.08. The van der Waals surface area contributed by atoms with E-state index in [1.165, 1.54) is 12.2 Å². The monoisotopic (exact) mass is 196 g/mol. The van der Waals surface area contributed by atoms with E-state index in [1.807, 2.05) is 0 Å². The number of aliphatic hydroxyl groups excluding tert-OH is 1. The number of hydrogen-bond donors (Lipinski definition) is 1. The Balaban J connectivity index is 4.63. The Morgan fingerprint density at radius 3 is 2.50 bits per heavy atom. The first-order valence-electron chi connectivity index (χ1n) is 4.54. The van der Waals surface area contributed by atoms with Crippen molar-refractivity contribution in [1.29, 1.82) is 0 Å². The molecule has 14 heavy (non-hydrogen) atoms. The van der Waals surface area contributed by atoms with Crippen molar-refractivity contribution in [3.05, 3.63) is 48.5 Å². The van der Waals surface area contributed by atoms with Gasteiger partial charge in [-0.05, 0) is 18.9 Å². The SMILES string of the molecule is C=C/C=C(CC(C)C(=C)O)\C(F)=C/C. The minimum absolute atomic E-state index is 0.0730. The van der Waals surface area contributed by atoms with E-state index in [1.54, 1.807) is 19.9 Å². The molecular formula is C12H17FO. The van der Waals surface area contributed by atoms with Gasteiger partial charge in [-0.1, -0.05) is 38.3 Å². The molecule has 0 aliphatic rings. The second kappa shape index (κ2) is 6.19. The van der Waals surface area contributed by atoms with Crippen LogP contribution in [0.25, 0.3) is 0 Å². The lowest BCUT2D eigenvalue weighted by molar-refractivity contribution is 0.341. The zero-order valence-corrected chi connectivity index (χ0v) is 8.76. The summed E-state index contributed by atoms with van der Waals surface area (Å²) in [4.78, 5) is 0. The molecule has 0 heterocycles. The summed E-state index contributed by atoms with van der Waals surface area (Å²) in [7, 11) is 0. The van der Waals surface area contributed by atoms with Crippen LogP contribution in [0.1, 0.15) is 20.3 Å². The van der Waals surface area contributed by atoms with E-state index in [0.717, 1.165) is 0 Å². The molecule has 0 aliphatic carbocycles. The van der Waals surface area contributed by atoms with Gasteiger partial charge in [0.1, 0.15) is 5.83 Å². The van der Waals surface area contributed by atoms with Gasteiger partial charge in [0.15, 0.2) is 0 Å². The van der Waals surface area contributed by atoms with E-state index in [2.05, 4.69) is 13.2 Å². The minimum Gasteiger partial charge on any atom is -0.513 e. The molecule has 1 atom stereocenters. The molecule has 0 saturated heterocycles. The summed E-state index contributed by atoms with van der Waals surface area (Å²) in [5, 5.41) is 9.10. The van der Waals surface area contributed by atoms with Gasteiger partial charge in [-0.2, -0.15) is 0 Å². The van der Waals surface area contributed by atoms with E-state index >= 15 is 0 Å². The van der Waals surface area contributed by atoms with Crippen molar-refractivity contribution in [2.75, 3.05) is 0 Å². The molecule has 2 heteroatoms. The Morgan fingerprint density at radius 1 is 1.57 bits per heavy atom. The molecule has 0 amide bonds. The molecule has 0 aromatic carbocycles. The Kier molecular flexibility index (Phi) is 5.61. The van der Waals surface area contributed by atoms with E-state index < -0.39 is 0 Å². The maximum Gasteiger partial charge on any atom is 0.122 e. The molecule has 0 rings (SSSR count). The van der Waals surface area contributed by atoms with Crippen LogP contribution in [0.5, 0.6) is 0 Å². The molecule has 78 valence electrons. The molecule has 0 spiro atoms. The average molecular weight is 196 g/mol. The zero-order chi connectivity index (χ0) is 11.1. The fourth-order valence-electron chi connectivity index (χ4n) is 1.02. The van der Waals surface area contributed by atoms with Crippen LogP contribution >= 0.6 is 0 Å². The second-order valence-corrected chi connectivity index (χ2v) is 3.16. The summed E-state index contributed by atoms with van der Waals surface area (Å²) in [5.41, 5.74) is 0.533. The quantitative estimate of drug-likeness (QED) is 0.519. The Morgan fingerprint density at radius 2 is 2.14 bits per heavy atom. The van der Waals surface area contributed by atoms with Crippen molar-refractivity contribution < 1.29 is 9.50 Å². The molecule has 1 nitrogen and oxygen atoms in total. The van der Waals surface area contributed by atoms with Crippen LogP contribution in [0.15, 0.2) is 48.5 Å². The van der Waals surface area contributed by atoms with Crippen molar-refractivity contribution in [3.8, 4) is 0 Å². The van der Waals surface area contributed by atoms with E-state index in [9.17, 15) is 4.39 Å². The number of hydrogen-bond acceptors (Lipinski definition) is 1. The van der Waals surface area contributed by atoms with Crippen LogP contribution in [0.2, 0.25) is 0 Å². The first-order valence-corrected chi connectivity index (χ1v) is 4.54. The van der Waals surface area contributed by atoms with Gasteiger partial charge < -0.3 is 5.11 Å². The lowest BCUT2D eigenvalue weighted by Crippen LogP contribution is -2.00. The standard InChI is InChI=1S/C12H17FO/c1-5-7-11(12(13)6-2)8-9(3)10(4)14/h5-7,9,14H,1,4,8H2,2-3H3/b11-7-,12-6+. The summed E-state index contributed by atoms with van der Waals surface area (Å²) < 4.78 is 13.2. The van der Waals surface area contributed by atoms with Gasteiger partial charge in [0.25, 0.3) is 0 Å². The van der Waals surface area contributed by atoms with Crippen LogP contribution in [0, 0.1) is 5.92 Å². The minimum atomic E-state index is -0.280. The van der Waals surface area contributed by atoms with Gasteiger partial charge in [-0.25, -0.2) is 4.39 Å². The number of aliphatic hydroxyl groups is 1. The van der Waals surface area contributed by atoms with Gasteiger partial charge in [0.2, 0.25) is 0 Å². The highest BCUT2D eigenvalue weighted by Gasteiger charge is 2.10. The van der Waals surface area contributed by atoms with Crippen molar-refractivity contribution >= 4 is 0 Å². The highest BCUT2D eigenvalue weighted by molar-refractivity contribution is 5.29. The molecule has 0 saturated carbocycles. The number of halogens is 1. The van der Waals surface area contributed by atoms with Crippen LogP contribution in [0.4, 0.5) is 4.39 Å². The Bertz CT molecular complexity index is 274. The van der Waals surface area contributed by atoms with Crippen molar-refractivity contribution in [1.82, 2.24) is 0 Å². The maximum absolute atomic E-state index is 13.2. The first kappa shape index (κ1) is 12.7. The fourth-order valence-corrected chi connectivity index (χ4v) is 1.02. The van der Waals surface area contributed by atoms with Gasteiger partial charge >= 0.3 is 0 Å². The predicted octanol–water partition coefficient (Wildman–Crippen LogP) is 4.07. The lowest BCUT2D eigenvalue weighted by atomic mass is 9.98. The average Bonchev–Trinajstić information content (AvgIpc) is 2.15. The third-order valence-corrected chi connectivity index (χ3v) is 1.97. The summed E-state index contributed by atoms with van der Waals surface area (Å²) in [5.74, 6) is -0.353. The van der Waals surface area contributed by atoms with Crippen LogP contribution in [-0.4, -0.2) is 5.11 Å². The smallest absolute Gasteiger partial charge is 0.122 e. The highest BCUT2D eigenvalue weighted by atomic mass is 19.1. The molecule has 0 bridgehead atoms. The third-order valence-electron chi connectivity index (χ3n) is 1.97. The van der Waals surface area contributed by atoms with Crippen molar-refractivity contribution in [2.45, 2.75) is 20.3 Å². The number of rotatable bonds is 5. The molecular weight excluding hydrogens is 179 g/mol. The Hall–Kier alpha value is -1.31. The van der Waals surface area contributed by atoms with E-state index in [0.29, 0.717) is 12.0 Å². The van der Waals surface area contributed by atoms with E-state index in [4.69, 9.17) is 5.11 Å². The van der Waals surface area contributed by atoms with Gasteiger partial charge in [-0.3, -0.25) is 0 Å². The second-order valence-electron chi connectivity index (χ2n) is 3.16. The lowest BCUT2D eigenvalue weighted by Gasteiger charge is -2.11. The molecule has 1 N–H and O–H groups in total. The summed E-state index contributed by atoms with van der Waals surface area (Å²) in [6.07, 6.45) is 4.96. The zero-order valence-electron chi connectivity index (χ0n) is 8.76. The van der Waals surface area contributed by atoms with Gasteiger partial charge in [0, 0.05) is 5.92 Å². The van der Waals surface area contributed by atoms with Crippen LogP contribution < -0.4 is 0 Å². The maximum atomic E-state index is 13.2. The molecule has 0 aliphatic heterocycles. The van der Waals surface area contributed by atoms with Gasteiger partial charge in [-0.15, -0.1) is 0 Å². The van der Waals surface area contributed by atoms with E-state index in [-0.39, 0.29) is 17.5 Å². The van der Waals surface area contributed by atoms with Crippen molar-refractivity contribution in [2.24, 2.45) is 5.92 Å². The molecule has 0 aromatic rings. The normalized spacial score (nSPS) is 15.1. The largest absolute Gasteiger partial charge is 0.513 e. The predicted molar refractivity (Wildman–Crippen MR) is 58.7 cm³/mol. The van der Waals surface area contributed by atoms with Gasteiger partial charge in [0.05, 0.1) is 5.76 Å². The summed E-state index contributed by atoms with van der Waals surface area (Å²) in [6.45, 7) is 10.4. The molecule has 0 radical (unpaired) electrons. The highest BCUT2D eigenvalue weighted by Crippen LogP contribution is 2.23. The molecule has 0 aromatic heterocycles.